The van der Waals surface area contributed by atoms with Crippen LogP contribution in [0.4, 0.5) is 19.0 Å². The molecular weight excluding hydrogens is 377 g/mol. The first-order valence-corrected chi connectivity index (χ1v) is 8.04. The summed E-state index contributed by atoms with van der Waals surface area (Å²) in [6, 6.07) is 5.32. The average Bonchev–Trinajstić information content (AvgIpc) is 2.66. The molecule has 0 saturated carbocycles. The molecule has 2 rings (SSSR count). The van der Waals surface area contributed by atoms with Gasteiger partial charge in [0.25, 0.3) is 5.91 Å². The number of ether oxygens (including phenoxy) is 1. The van der Waals surface area contributed by atoms with Crippen LogP contribution in [0.15, 0.2) is 49.3 Å². The summed E-state index contributed by atoms with van der Waals surface area (Å²) in [5, 5.41) is 5.24. The Hall–Kier alpha value is -3.43. The SMILES string of the molecule is C=CC(=O)Nc1cc(C(C)NC(=O)c2ccc(OCC(F)(F)F)nc2)ccn1. The Kier molecular flexibility index (Phi) is 6.69. The van der Waals surface area contributed by atoms with Gasteiger partial charge in [-0.25, -0.2) is 9.97 Å². The van der Waals surface area contributed by atoms with Crippen molar-refractivity contribution in [2.45, 2.75) is 19.1 Å². The summed E-state index contributed by atoms with van der Waals surface area (Å²) < 4.78 is 40.9. The normalized spacial score (nSPS) is 12.0. The number of carbonyl (C=O) groups excluding carboxylic acids is 2. The summed E-state index contributed by atoms with van der Waals surface area (Å²) in [5.74, 6) is -0.828. The van der Waals surface area contributed by atoms with Gasteiger partial charge in [-0.2, -0.15) is 13.2 Å². The minimum absolute atomic E-state index is 0.153. The first-order valence-electron chi connectivity index (χ1n) is 8.04. The Labute approximate surface area is 158 Å². The van der Waals surface area contributed by atoms with Crippen LogP contribution in [0.3, 0.4) is 0 Å². The number of rotatable bonds is 7. The molecule has 0 saturated heterocycles. The third-order valence-electron chi connectivity index (χ3n) is 3.45. The Balaban J connectivity index is 1.99. The standard InChI is InChI=1S/C18H17F3N4O3/c1-3-15(26)25-14-8-12(6-7-22-14)11(2)24-17(27)13-4-5-16(23-9-13)28-10-18(19,20)21/h3-9,11H,1,10H2,2H3,(H,24,27)(H,22,25,26). The van der Waals surface area contributed by atoms with Crippen molar-refractivity contribution in [3.63, 3.8) is 0 Å². The molecule has 0 spiro atoms. The number of hydrogen-bond donors (Lipinski definition) is 2. The van der Waals surface area contributed by atoms with Crippen molar-refractivity contribution in [3.8, 4) is 5.88 Å². The van der Waals surface area contributed by atoms with Gasteiger partial charge in [0, 0.05) is 18.5 Å². The summed E-state index contributed by atoms with van der Waals surface area (Å²) in [5.41, 5.74) is 0.834. The van der Waals surface area contributed by atoms with Gasteiger partial charge < -0.3 is 15.4 Å². The number of pyridine rings is 2. The molecule has 2 amide bonds. The fourth-order valence-electron chi connectivity index (χ4n) is 2.08. The van der Waals surface area contributed by atoms with Crippen LogP contribution in [0, 0.1) is 0 Å². The summed E-state index contributed by atoms with van der Waals surface area (Å²) in [6.07, 6.45) is -0.766. The first kappa shape index (κ1) is 20.9. The van der Waals surface area contributed by atoms with Crippen LogP contribution in [0.2, 0.25) is 0 Å². The van der Waals surface area contributed by atoms with Crippen molar-refractivity contribution < 1.29 is 27.5 Å². The van der Waals surface area contributed by atoms with Gasteiger partial charge in [-0.3, -0.25) is 9.59 Å². The zero-order chi connectivity index (χ0) is 20.7. The van der Waals surface area contributed by atoms with Crippen molar-refractivity contribution in [2.75, 3.05) is 11.9 Å². The number of hydrogen-bond acceptors (Lipinski definition) is 5. The second kappa shape index (κ2) is 8.98. The Bertz CT molecular complexity index is 854. The molecule has 0 aliphatic heterocycles. The fourth-order valence-corrected chi connectivity index (χ4v) is 2.08. The van der Waals surface area contributed by atoms with Crippen LogP contribution in [0.1, 0.15) is 28.9 Å². The van der Waals surface area contributed by atoms with Crippen LogP contribution >= 0.6 is 0 Å². The van der Waals surface area contributed by atoms with E-state index >= 15 is 0 Å². The number of anilines is 1. The maximum absolute atomic E-state index is 12.3. The van der Waals surface area contributed by atoms with Crippen LogP contribution in [-0.4, -0.2) is 34.6 Å². The molecule has 0 aliphatic carbocycles. The minimum Gasteiger partial charge on any atom is -0.468 e. The number of aromatic nitrogens is 2. The molecule has 2 aromatic heterocycles. The van der Waals surface area contributed by atoms with Gasteiger partial charge in [0.2, 0.25) is 11.8 Å². The molecule has 2 heterocycles. The molecule has 1 atom stereocenters. The van der Waals surface area contributed by atoms with Crippen LogP contribution in [-0.2, 0) is 4.79 Å². The summed E-state index contributed by atoms with van der Waals surface area (Å²) in [6.45, 7) is 3.61. The largest absolute Gasteiger partial charge is 0.468 e. The van der Waals surface area contributed by atoms with Gasteiger partial charge >= 0.3 is 6.18 Å². The van der Waals surface area contributed by atoms with E-state index in [2.05, 4.69) is 31.9 Å². The second-order valence-corrected chi connectivity index (χ2v) is 5.65. The lowest BCUT2D eigenvalue weighted by Crippen LogP contribution is -2.27. The number of nitrogens with zero attached hydrogens (tertiary/aromatic N) is 2. The molecule has 0 bridgehead atoms. The minimum atomic E-state index is -4.47. The van der Waals surface area contributed by atoms with E-state index in [9.17, 15) is 22.8 Å². The number of amides is 2. The maximum atomic E-state index is 12.3. The van der Waals surface area contributed by atoms with Gasteiger partial charge in [-0.05, 0) is 36.8 Å². The van der Waals surface area contributed by atoms with E-state index in [1.54, 1.807) is 19.1 Å². The van der Waals surface area contributed by atoms with Gasteiger partial charge in [-0.1, -0.05) is 6.58 Å². The highest BCUT2D eigenvalue weighted by molar-refractivity contribution is 5.98. The molecule has 0 aliphatic rings. The zero-order valence-electron chi connectivity index (χ0n) is 14.8. The van der Waals surface area contributed by atoms with Gasteiger partial charge in [0.05, 0.1) is 11.6 Å². The molecule has 0 aromatic carbocycles. The fraction of sp³-hybridized carbons (Fsp3) is 0.222. The monoisotopic (exact) mass is 394 g/mol. The molecule has 148 valence electrons. The first-order chi connectivity index (χ1) is 13.2. The van der Waals surface area contributed by atoms with E-state index in [1.165, 1.54) is 18.3 Å². The summed E-state index contributed by atoms with van der Waals surface area (Å²) in [4.78, 5) is 31.3. The van der Waals surface area contributed by atoms with E-state index in [1.807, 2.05) is 0 Å². The quantitative estimate of drug-likeness (QED) is 0.704. The number of halogens is 3. The third-order valence-corrected chi connectivity index (χ3v) is 3.45. The van der Waals surface area contributed by atoms with E-state index in [0.29, 0.717) is 11.4 Å². The highest BCUT2D eigenvalue weighted by Gasteiger charge is 2.28. The van der Waals surface area contributed by atoms with E-state index < -0.39 is 30.6 Å². The smallest absolute Gasteiger partial charge is 0.422 e. The second-order valence-electron chi connectivity index (χ2n) is 5.65. The van der Waals surface area contributed by atoms with E-state index in [4.69, 9.17) is 0 Å². The topological polar surface area (TPSA) is 93.2 Å². The molecule has 7 nitrogen and oxygen atoms in total. The van der Waals surface area contributed by atoms with Crippen molar-refractivity contribution in [3.05, 3.63) is 60.4 Å². The highest BCUT2D eigenvalue weighted by Crippen LogP contribution is 2.18. The zero-order valence-corrected chi connectivity index (χ0v) is 14.8. The lowest BCUT2D eigenvalue weighted by molar-refractivity contribution is -0.154. The predicted molar refractivity (Wildman–Crippen MR) is 94.7 cm³/mol. The van der Waals surface area contributed by atoms with Gasteiger partial charge in [0.15, 0.2) is 6.61 Å². The van der Waals surface area contributed by atoms with Crippen LogP contribution < -0.4 is 15.4 Å². The van der Waals surface area contributed by atoms with Crippen molar-refractivity contribution in [1.29, 1.82) is 0 Å². The molecular formula is C18H17F3N4O3. The highest BCUT2D eigenvalue weighted by atomic mass is 19.4. The Morgan fingerprint density at radius 3 is 2.64 bits per heavy atom. The molecule has 28 heavy (non-hydrogen) atoms. The van der Waals surface area contributed by atoms with Crippen LogP contribution in [0.5, 0.6) is 5.88 Å². The average molecular weight is 394 g/mol. The molecule has 0 fully saturated rings. The third kappa shape index (κ3) is 6.38. The van der Waals surface area contributed by atoms with Gasteiger partial charge in [-0.15, -0.1) is 0 Å². The molecule has 0 radical (unpaired) electrons. The molecule has 10 heteroatoms. The van der Waals surface area contributed by atoms with Crippen molar-refractivity contribution in [2.24, 2.45) is 0 Å². The maximum Gasteiger partial charge on any atom is 0.422 e. The number of carbonyl (C=O) groups is 2. The Morgan fingerprint density at radius 2 is 2.04 bits per heavy atom. The molecule has 1 unspecified atom stereocenters. The van der Waals surface area contributed by atoms with Crippen molar-refractivity contribution in [1.82, 2.24) is 15.3 Å². The van der Waals surface area contributed by atoms with Gasteiger partial charge in [0.1, 0.15) is 5.82 Å². The molecule has 2 aromatic rings. The number of alkyl halides is 3. The lowest BCUT2D eigenvalue weighted by Gasteiger charge is -2.15. The predicted octanol–water partition coefficient (Wildman–Crippen LogP) is 3.03. The Morgan fingerprint density at radius 1 is 1.29 bits per heavy atom. The summed E-state index contributed by atoms with van der Waals surface area (Å²) >= 11 is 0. The summed E-state index contributed by atoms with van der Waals surface area (Å²) in [7, 11) is 0. The van der Waals surface area contributed by atoms with Crippen LogP contribution in [0.25, 0.3) is 0 Å². The van der Waals surface area contributed by atoms with E-state index in [0.717, 1.165) is 12.3 Å². The number of nitrogens with one attached hydrogen (secondary N) is 2. The lowest BCUT2D eigenvalue weighted by atomic mass is 10.1. The van der Waals surface area contributed by atoms with Crippen molar-refractivity contribution >= 4 is 17.6 Å². The van der Waals surface area contributed by atoms with E-state index in [-0.39, 0.29) is 11.4 Å². The molecule has 2 N–H and O–H groups in total.